The molecule has 4 nitrogen and oxygen atoms in total. The highest BCUT2D eigenvalue weighted by atomic mass is 32.2. The van der Waals surface area contributed by atoms with Crippen molar-refractivity contribution in [3.8, 4) is 0 Å². The van der Waals surface area contributed by atoms with Crippen LogP contribution >= 0.6 is 0 Å². The molecule has 0 saturated heterocycles. The van der Waals surface area contributed by atoms with Gasteiger partial charge in [-0.1, -0.05) is 42.5 Å². The fourth-order valence-electron chi connectivity index (χ4n) is 3.04. The van der Waals surface area contributed by atoms with Crippen molar-refractivity contribution in [1.29, 1.82) is 0 Å². The number of fused-ring (bicyclic) bond motifs is 2. The number of rotatable bonds is 3. The van der Waals surface area contributed by atoms with E-state index in [-0.39, 0.29) is 4.90 Å². The van der Waals surface area contributed by atoms with E-state index in [4.69, 9.17) is 0 Å². The minimum absolute atomic E-state index is 0.231. The van der Waals surface area contributed by atoms with Crippen LogP contribution in [0.15, 0.2) is 77.8 Å². The summed E-state index contributed by atoms with van der Waals surface area (Å²) in [5.74, 6) is 0. The van der Waals surface area contributed by atoms with Crippen LogP contribution < -0.4 is 4.72 Å². The van der Waals surface area contributed by atoms with Gasteiger partial charge in [-0.15, -0.1) is 0 Å². The van der Waals surface area contributed by atoms with E-state index in [0.29, 0.717) is 16.6 Å². The highest BCUT2D eigenvalue weighted by Crippen LogP contribution is 2.29. The number of pyridine rings is 1. The SMILES string of the molecule is Cc1ccc(S(=O)(=O)Nc2cccc3ccccc23)c2cccnc12. The van der Waals surface area contributed by atoms with Gasteiger partial charge in [-0.25, -0.2) is 8.42 Å². The molecule has 0 bridgehead atoms. The normalized spacial score (nSPS) is 11.7. The Morgan fingerprint density at radius 3 is 2.48 bits per heavy atom. The van der Waals surface area contributed by atoms with E-state index in [1.807, 2.05) is 43.3 Å². The van der Waals surface area contributed by atoms with Gasteiger partial charge in [0.05, 0.1) is 16.1 Å². The summed E-state index contributed by atoms with van der Waals surface area (Å²) in [5.41, 5.74) is 2.21. The first-order valence-electron chi connectivity index (χ1n) is 7.91. The topological polar surface area (TPSA) is 59.1 Å². The molecule has 0 unspecified atom stereocenters. The Bertz CT molecular complexity index is 1200. The Morgan fingerprint density at radius 2 is 1.60 bits per heavy atom. The fraction of sp³-hybridized carbons (Fsp3) is 0.0500. The summed E-state index contributed by atoms with van der Waals surface area (Å²) in [7, 11) is -3.74. The first-order valence-corrected chi connectivity index (χ1v) is 9.39. The molecule has 0 amide bonds. The molecule has 4 aromatic rings. The molecule has 5 heteroatoms. The Balaban J connectivity index is 1.87. The first kappa shape index (κ1) is 15.6. The number of hydrogen-bond acceptors (Lipinski definition) is 3. The number of anilines is 1. The Hall–Kier alpha value is -2.92. The van der Waals surface area contributed by atoms with Gasteiger partial charge in [0.1, 0.15) is 0 Å². The van der Waals surface area contributed by atoms with Gasteiger partial charge in [0.15, 0.2) is 0 Å². The number of nitrogens with one attached hydrogen (secondary N) is 1. The molecule has 1 heterocycles. The highest BCUT2D eigenvalue weighted by Gasteiger charge is 2.19. The predicted molar refractivity (Wildman–Crippen MR) is 101 cm³/mol. The molecule has 0 aliphatic heterocycles. The largest absolute Gasteiger partial charge is 0.279 e. The van der Waals surface area contributed by atoms with Crippen LogP contribution in [0, 0.1) is 6.92 Å². The molecule has 0 fully saturated rings. The van der Waals surface area contributed by atoms with Crippen LogP contribution in [-0.2, 0) is 10.0 Å². The second kappa shape index (κ2) is 5.86. The zero-order valence-electron chi connectivity index (χ0n) is 13.6. The molecule has 0 atom stereocenters. The minimum Gasteiger partial charge on any atom is -0.279 e. The van der Waals surface area contributed by atoms with E-state index < -0.39 is 10.0 Å². The van der Waals surface area contributed by atoms with E-state index in [0.717, 1.165) is 16.3 Å². The summed E-state index contributed by atoms with van der Waals surface area (Å²) in [6.07, 6.45) is 1.67. The number of aromatic nitrogens is 1. The van der Waals surface area contributed by atoms with Gasteiger partial charge in [-0.2, -0.15) is 0 Å². The summed E-state index contributed by atoms with van der Waals surface area (Å²) in [6.45, 7) is 1.92. The number of aryl methyl sites for hydroxylation is 1. The molecule has 0 spiro atoms. The Labute approximate surface area is 146 Å². The maximum absolute atomic E-state index is 13.0. The number of hydrogen-bond donors (Lipinski definition) is 1. The van der Waals surface area contributed by atoms with Crippen molar-refractivity contribution in [2.45, 2.75) is 11.8 Å². The molecule has 4 rings (SSSR count). The summed E-state index contributed by atoms with van der Waals surface area (Å²) < 4.78 is 28.8. The maximum Gasteiger partial charge on any atom is 0.262 e. The number of sulfonamides is 1. The van der Waals surface area contributed by atoms with Gasteiger partial charge in [0, 0.05) is 17.0 Å². The van der Waals surface area contributed by atoms with Gasteiger partial charge < -0.3 is 0 Å². The zero-order chi connectivity index (χ0) is 17.4. The minimum atomic E-state index is -3.74. The van der Waals surface area contributed by atoms with Crippen LogP contribution in [0.2, 0.25) is 0 Å². The lowest BCUT2D eigenvalue weighted by molar-refractivity contribution is 0.602. The lowest BCUT2D eigenvalue weighted by Gasteiger charge is -2.13. The van der Waals surface area contributed by atoms with E-state index in [9.17, 15) is 8.42 Å². The molecule has 0 saturated carbocycles. The van der Waals surface area contributed by atoms with Crippen molar-refractivity contribution in [3.05, 3.63) is 78.5 Å². The van der Waals surface area contributed by atoms with E-state index >= 15 is 0 Å². The van der Waals surface area contributed by atoms with Crippen molar-refractivity contribution in [1.82, 2.24) is 4.98 Å². The summed E-state index contributed by atoms with van der Waals surface area (Å²) >= 11 is 0. The van der Waals surface area contributed by atoms with Gasteiger partial charge >= 0.3 is 0 Å². The average molecular weight is 348 g/mol. The van der Waals surface area contributed by atoms with Crippen molar-refractivity contribution < 1.29 is 8.42 Å². The van der Waals surface area contributed by atoms with Gasteiger partial charge in [0.2, 0.25) is 0 Å². The van der Waals surface area contributed by atoms with Crippen LogP contribution in [0.4, 0.5) is 5.69 Å². The van der Waals surface area contributed by atoms with E-state index in [2.05, 4.69) is 9.71 Å². The third-order valence-electron chi connectivity index (χ3n) is 4.25. The molecule has 0 aliphatic rings. The van der Waals surface area contributed by atoms with E-state index in [1.54, 1.807) is 36.5 Å². The van der Waals surface area contributed by atoms with Gasteiger partial charge in [-0.3, -0.25) is 9.71 Å². The number of nitrogens with zero attached hydrogens (tertiary/aromatic N) is 1. The zero-order valence-corrected chi connectivity index (χ0v) is 14.4. The Kier molecular flexibility index (Phi) is 3.66. The molecule has 0 aliphatic carbocycles. The first-order chi connectivity index (χ1) is 12.1. The fourth-order valence-corrected chi connectivity index (χ4v) is 4.32. The summed E-state index contributed by atoms with van der Waals surface area (Å²) in [6, 6.07) is 20.2. The van der Waals surface area contributed by atoms with Crippen LogP contribution in [0.1, 0.15) is 5.56 Å². The second-order valence-corrected chi connectivity index (χ2v) is 7.56. The molecule has 3 aromatic carbocycles. The van der Waals surface area contributed by atoms with Gasteiger partial charge in [0.25, 0.3) is 10.0 Å². The lowest BCUT2D eigenvalue weighted by atomic mass is 10.1. The molecular formula is C20H16N2O2S. The number of benzene rings is 3. The Morgan fingerprint density at radius 1 is 0.840 bits per heavy atom. The van der Waals surface area contributed by atoms with E-state index in [1.165, 1.54) is 0 Å². The van der Waals surface area contributed by atoms with Crippen molar-refractivity contribution in [3.63, 3.8) is 0 Å². The van der Waals surface area contributed by atoms with Gasteiger partial charge in [-0.05, 0) is 42.1 Å². The third-order valence-corrected chi connectivity index (χ3v) is 5.68. The molecule has 1 aromatic heterocycles. The standard InChI is InChI=1S/C20H16N2O2S/c1-14-11-12-19(17-9-5-13-21-20(14)17)25(23,24)22-18-10-4-7-15-6-2-3-8-16(15)18/h2-13,22H,1H3. The molecule has 1 N–H and O–H groups in total. The van der Waals surface area contributed by atoms with Crippen LogP contribution in [0.25, 0.3) is 21.7 Å². The molecule has 0 radical (unpaired) electrons. The third kappa shape index (κ3) is 2.72. The van der Waals surface area contributed by atoms with Crippen LogP contribution in [-0.4, -0.2) is 13.4 Å². The maximum atomic E-state index is 13.0. The summed E-state index contributed by atoms with van der Waals surface area (Å²) in [4.78, 5) is 4.55. The predicted octanol–water partition coefficient (Wildman–Crippen LogP) is 4.50. The second-order valence-electron chi connectivity index (χ2n) is 5.91. The van der Waals surface area contributed by atoms with Crippen LogP contribution in [0.3, 0.4) is 0 Å². The lowest BCUT2D eigenvalue weighted by Crippen LogP contribution is -2.14. The van der Waals surface area contributed by atoms with Crippen LogP contribution in [0.5, 0.6) is 0 Å². The molecule has 25 heavy (non-hydrogen) atoms. The van der Waals surface area contributed by atoms with Crippen molar-refractivity contribution in [2.75, 3.05) is 4.72 Å². The highest BCUT2D eigenvalue weighted by molar-refractivity contribution is 7.93. The van der Waals surface area contributed by atoms with Crippen molar-refractivity contribution in [2.24, 2.45) is 0 Å². The quantitative estimate of drug-likeness (QED) is 0.593. The smallest absolute Gasteiger partial charge is 0.262 e. The monoisotopic (exact) mass is 348 g/mol. The average Bonchev–Trinajstić information content (AvgIpc) is 2.62. The molecular weight excluding hydrogens is 332 g/mol. The van der Waals surface area contributed by atoms with Crippen molar-refractivity contribution >= 4 is 37.4 Å². The summed E-state index contributed by atoms with van der Waals surface area (Å²) in [5, 5.41) is 2.47. The molecule has 124 valence electrons.